The Morgan fingerprint density at radius 3 is 2.35 bits per heavy atom. The SMILES string of the molecule is Cc1cc(Br)cc(C)c1N1CCNC(C)(C)C1. The van der Waals surface area contributed by atoms with E-state index in [0.717, 1.165) is 19.6 Å². The molecule has 0 bridgehead atoms. The molecule has 0 aliphatic carbocycles. The smallest absolute Gasteiger partial charge is 0.0427 e. The predicted molar refractivity (Wildman–Crippen MR) is 77.9 cm³/mol. The van der Waals surface area contributed by atoms with Gasteiger partial charge in [-0.25, -0.2) is 0 Å². The van der Waals surface area contributed by atoms with Gasteiger partial charge in [0, 0.05) is 35.3 Å². The van der Waals surface area contributed by atoms with Gasteiger partial charge >= 0.3 is 0 Å². The Morgan fingerprint density at radius 1 is 1.24 bits per heavy atom. The molecule has 1 aromatic carbocycles. The van der Waals surface area contributed by atoms with Gasteiger partial charge < -0.3 is 10.2 Å². The Kier molecular flexibility index (Phi) is 3.50. The van der Waals surface area contributed by atoms with Crippen molar-refractivity contribution in [3.63, 3.8) is 0 Å². The summed E-state index contributed by atoms with van der Waals surface area (Å²) < 4.78 is 1.17. The molecule has 1 aromatic rings. The molecule has 0 unspecified atom stereocenters. The first-order valence-corrected chi connectivity index (χ1v) is 6.95. The average molecular weight is 297 g/mol. The summed E-state index contributed by atoms with van der Waals surface area (Å²) in [6.45, 7) is 12.1. The molecule has 1 N–H and O–H groups in total. The van der Waals surface area contributed by atoms with Crippen LogP contribution in [0.25, 0.3) is 0 Å². The fourth-order valence-corrected chi connectivity index (χ4v) is 3.42. The Labute approximate surface area is 113 Å². The van der Waals surface area contributed by atoms with E-state index in [2.05, 4.69) is 66.0 Å². The van der Waals surface area contributed by atoms with Crippen LogP contribution >= 0.6 is 15.9 Å². The van der Waals surface area contributed by atoms with Crippen molar-refractivity contribution in [1.82, 2.24) is 5.32 Å². The van der Waals surface area contributed by atoms with Gasteiger partial charge in [-0.3, -0.25) is 0 Å². The number of hydrogen-bond acceptors (Lipinski definition) is 2. The average Bonchev–Trinajstić information content (AvgIpc) is 2.13. The molecular weight excluding hydrogens is 276 g/mol. The summed E-state index contributed by atoms with van der Waals surface area (Å²) in [7, 11) is 0. The number of hydrogen-bond donors (Lipinski definition) is 1. The highest BCUT2D eigenvalue weighted by molar-refractivity contribution is 9.10. The van der Waals surface area contributed by atoms with Crippen LogP contribution in [0.1, 0.15) is 25.0 Å². The third-order valence-corrected chi connectivity index (χ3v) is 3.80. The predicted octanol–water partition coefficient (Wildman–Crippen LogP) is 3.25. The molecule has 0 atom stereocenters. The van der Waals surface area contributed by atoms with Crippen molar-refractivity contribution < 1.29 is 0 Å². The van der Waals surface area contributed by atoms with Crippen LogP contribution in [0, 0.1) is 13.8 Å². The van der Waals surface area contributed by atoms with E-state index in [1.807, 2.05) is 0 Å². The maximum absolute atomic E-state index is 3.56. The molecule has 1 heterocycles. The minimum atomic E-state index is 0.199. The lowest BCUT2D eigenvalue weighted by atomic mass is 9.99. The number of halogens is 1. The van der Waals surface area contributed by atoms with Crippen LogP contribution in [-0.4, -0.2) is 25.2 Å². The normalized spacial score (nSPS) is 19.5. The number of rotatable bonds is 1. The highest BCUT2D eigenvalue weighted by atomic mass is 79.9. The van der Waals surface area contributed by atoms with E-state index in [4.69, 9.17) is 0 Å². The fraction of sp³-hybridized carbons (Fsp3) is 0.571. The lowest BCUT2D eigenvalue weighted by Gasteiger charge is -2.41. The van der Waals surface area contributed by atoms with Crippen molar-refractivity contribution in [2.45, 2.75) is 33.2 Å². The van der Waals surface area contributed by atoms with Gasteiger partial charge in [-0.05, 0) is 51.0 Å². The fourth-order valence-electron chi connectivity index (χ4n) is 2.73. The Balaban J connectivity index is 2.34. The van der Waals surface area contributed by atoms with E-state index in [1.54, 1.807) is 0 Å². The molecule has 2 nitrogen and oxygen atoms in total. The van der Waals surface area contributed by atoms with Gasteiger partial charge in [-0.1, -0.05) is 15.9 Å². The molecule has 17 heavy (non-hydrogen) atoms. The van der Waals surface area contributed by atoms with Gasteiger partial charge in [-0.15, -0.1) is 0 Å². The van der Waals surface area contributed by atoms with E-state index in [0.29, 0.717) is 0 Å². The first-order chi connectivity index (χ1) is 7.89. The molecule has 1 fully saturated rings. The van der Waals surface area contributed by atoms with Gasteiger partial charge in [-0.2, -0.15) is 0 Å². The summed E-state index contributed by atoms with van der Waals surface area (Å²) in [4.78, 5) is 2.51. The standard InChI is InChI=1S/C14H21BrN2/c1-10-7-12(15)8-11(2)13(10)17-6-5-16-14(3,4)9-17/h7-8,16H,5-6,9H2,1-4H3. The van der Waals surface area contributed by atoms with Gasteiger partial charge in [0.25, 0.3) is 0 Å². The zero-order valence-electron chi connectivity index (χ0n) is 11.1. The Bertz CT molecular complexity index is 403. The van der Waals surface area contributed by atoms with Crippen molar-refractivity contribution in [3.05, 3.63) is 27.7 Å². The number of nitrogens with one attached hydrogen (secondary N) is 1. The molecule has 1 aliphatic rings. The highest BCUT2D eigenvalue weighted by Gasteiger charge is 2.27. The summed E-state index contributed by atoms with van der Waals surface area (Å²) in [6, 6.07) is 4.41. The summed E-state index contributed by atoms with van der Waals surface area (Å²) in [5.74, 6) is 0. The third kappa shape index (κ3) is 2.83. The summed E-state index contributed by atoms with van der Waals surface area (Å²) >= 11 is 3.56. The zero-order valence-corrected chi connectivity index (χ0v) is 12.7. The number of piperazine rings is 1. The monoisotopic (exact) mass is 296 g/mol. The van der Waals surface area contributed by atoms with Crippen molar-refractivity contribution in [2.75, 3.05) is 24.5 Å². The molecular formula is C14H21BrN2. The van der Waals surface area contributed by atoms with Gasteiger partial charge in [0.2, 0.25) is 0 Å². The van der Waals surface area contributed by atoms with E-state index in [9.17, 15) is 0 Å². The minimum absolute atomic E-state index is 0.199. The van der Waals surface area contributed by atoms with Gasteiger partial charge in [0.15, 0.2) is 0 Å². The largest absolute Gasteiger partial charge is 0.368 e. The van der Waals surface area contributed by atoms with Gasteiger partial charge in [0.05, 0.1) is 0 Å². The third-order valence-electron chi connectivity index (χ3n) is 3.34. The molecule has 0 radical (unpaired) electrons. The van der Waals surface area contributed by atoms with E-state index < -0.39 is 0 Å². The van der Waals surface area contributed by atoms with E-state index in [1.165, 1.54) is 21.3 Å². The van der Waals surface area contributed by atoms with Crippen LogP contribution in [0.3, 0.4) is 0 Å². The van der Waals surface area contributed by atoms with E-state index in [-0.39, 0.29) is 5.54 Å². The van der Waals surface area contributed by atoms with Crippen LogP contribution in [0.15, 0.2) is 16.6 Å². The first-order valence-electron chi connectivity index (χ1n) is 6.16. The second-order valence-corrected chi connectivity index (χ2v) is 6.54. The summed E-state index contributed by atoms with van der Waals surface area (Å²) in [6.07, 6.45) is 0. The van der Waals surface area contributed by atoms with Crippen LogP contribution < -0.4 is 10.2 Å². The Hall–Kier alpha value is -0.540. The quantitative estimate of drug-likeness (QED) is 0.856. The lowest BCUT2D eigenvalue weighted by molar-refractivity contribution is 0.352. The van der Waals surface area contributed by atoms with Crippen LogP contribution in [0.4, 0.5) is 5.69 Å². The van der Waals surface area contributed by atoms with Crippen LogP contribution in [0.5, 0.6) is 0 Å². The van der Waals surface area contributed by atoms with Crippen molar-refractivity contribution in [3.8, 4) is 0 Å². The zero-order chi connectivity index (χ0) is 12.6. The van der Waals surface area contributed by atoms with Crippen LogP contribution in [-0.2, 0) is 0 Å². The molecule has 3 heteroatoms. The second kappa shape index (κ2) is 4.62. The minimum Gasteiger partial charge on any atom is -0.368 e. The topological polar surface area (TPSA) is 15.3 Å². The van der Waals surface area contributed by atoms with Crippen LogP contribution in [0.2, 0.25) is 0 Å². The maximum Gasteiger partial charge on any atom is 0.0427 e. The van der Waals surface area contributed by atoms with Crippen molar-refractivity contribution in [2.24, 2.45) is 0 Å². The molecule has 0 aromatic heterocycles. The number of anilines is 1. The first kappa shape index (κ1) is 12.9. The molecule has 1 aliphatic heterocycles. The van der Waals surface area contributed by atoms with Crippen molar-refractivity contribution in [1.29, 1.82) is 0 Å². The molecule has 94 valence electrons. The maximum atomic E-state index is 3.56. The molecule has 0 saturated carbocycles. The molecule has 1 saturated heterocycles. The van der Waals surface area contributed by atoms with E-state index >= 15 is 0 Å². The number of aryl methyl sites for hydroxylation is 2. The molecule has 0 spiro atoms. The summed E-state index contributed by atoms with van der Waals surface area (Å²) in [5.41, 5.74) is 4.32. The number of nitrogens with zero attached hydrogens (tertiary/aromatic N) is 1. The van der Waals surface area contributed by atoms with Crippen molar-refractivity contribution >= 4 is 21.6 Å². The molecule has 2 rings (SSSR count). The van der Waals surface area contributed by atoms with Gasteiger partial charge in [0.1, 0.15) is 0 Å². The number of benzene rings is 1. The second-order valence-electron chi connectivity index (χ2n) is 5.62. The summed E-state index contributed by atoms with van der Waals surface area (Å²) in [5, 5.41) is 3.56. The Morgan fingerprint density at radius 2 is 1.82 bits per heavy atom. The molecule has 0 amide bonds. The highest BCUT2D eigenvalue weighted by Crippen LogP contribution is 2.30. The lowest BCUT2D eigenvalue weighted by Crippen LogP contribution is -2.57.